The van der Waals surface area contributed by atoms with E-state index in [1.54, 1.807) is 6.20 Å². The predicted molar refractivity (Wildman–Crippen MR) is 54.5 cm³/mol. The van der Waals surface area contributed by atoms with Gasteiger partial charge in [-0.25, -0.2) is 9.78 Å². The van der Waals surface area contributed by atoms with Crippen molar-refractivity contribution in [1.82, 2.24) is 14.9 Å². The van der Waals surface area contributed by atoms with Gasteiger partial charge in [-0.15, -0.1) is 0 Å². The topological polar surface area (TPSA) is 46.9 Å². The number of nitrogens with zero attached hydrogens (tertiary/aromatic N) is 2. The third kappa shape index (κ3) is 2.56. The van der Waals surface area contributed by atoms with Crippen LogP contribution >= 0.6 is 11.6 Å². The molecule has 0 atom stereocenters. The molecular weight excluding hydrogens is 202 g/mol. The summed E-state index contributed by atoms with van der Waals surface area (Å²) in [7, 11) is 0. The molecule has 0 radical (unpaired) electrons. The van der Waals surface area contributed by atoms with Gasteiger partial charge in [-0.1, -0.05) is 11.6 Å². The molecule has 0 spiro atoms. The highest BCUT2D eigenvalue weighted by atomic mass is 35.5. The fourth-order valence-corrected chi connectivity index (χ4v) is 1.43. The molecule has 0 aromatic carbocycles. The zero-order valence-corrected chi connectivity index (χ0v) is 8.50. The van der Waals surface area contributed by atoms with Gasteiger partial charge in [0, 0.05) is 25.3 Å². The summed E-state index contributed by atoms with van der Waals surface area (Å²) in [5.74, 6) is 0. The average Bonchev–Trinajstić information content (AvgIpc) is 2.95. The van der Waals surface area contributed by atoms with Gasteiger partial charge in [0.15, 0.2) is 0 Å². The highest BCUT2D eigenvalue weighted by Crippen LogP contribution is 2.17. The lowest BCUT2D eigenvalue weighted by Crippen LogP contribution is -2.28. The first-order valence-corrected chi connectivity index (χ1v) is 5.09. The van der Waals surface area contributed by atoms with E-state index >= 15 is 0 Å². The minimum atomic E-state index is -0.244. The second-order valence-corrected chi connectivity index (χ2v) is 3.91. The highest BCUT2D eigenvalue weighted by Gasteiger charge is 2.19. The SMILES string of the molecule is O=c1ncc(Cl)cn1CCNC1CC1. The van der Waals surface area contributed by atoms with Crippen molar-refractivity contribution in [2.24, 2.45) is 0 Å². The molecule has 76 valence electrons. The van der Waals surface area contributed by atoms with Crippen molar-refractivity contribution in [2.45, 2.75) is 25.4 Å². The number of rotatable bonds is 4. The molecule has 1 aliphatic rings. The molecule has 4 nitrogen and oxygen atoms in total. The molecule has 1 aromatic rings. The summed E-state index contributed by atoms with van der Waals surface area (Å²) in [5.41, 5.74) is -0.244. The molecule has 1 aromatic heterocycles. The largest absolute Gasteiger partial charge is 0.347 e. The Balaban J connectivity index is 1.93. The van der Waals surface area contributed by atoms with Gasteiger partial charge in [-0.3, -0.25) is 4.57 Å². The molecule has 5 heteroatoms. The van der Waals surface area contributed by atoms with Crippen LogP contribution in [0.3, 0.4) is 0 Å². The second-order valence-electron chi connectivity index (χ2n) is 3.48. The average molecular weight is 214 g/mol. The third-order valence-corrected chi connectivity index (χ3v) is 2.38. The summed E-state index contributed by atoms with van der Waals surface area (Å²) in [4.78, 5) is 14.9. The van der Waals surface area contributed by atoms with E-state index in [1.165, 1.54) is 23.6 Å². The monoisotopic (exact) mass is 213 g/mol. The number of hydrogen-bond donors (Lipinski definition) is 1. The Labute approximate surface area is 86.9 Å². The van der Waals surface area contributed by atoms with Gasteiger partial charge in [0.2, 0.25) is 0 Å². The van der Waals surface area contributed by atoms with Crippen LogP contribution in [0.5, 0.6) is 0 Å². The number of aromatic nitrogens is 2. The first-order chi connectivity index (χ1) is 6.75. The van der Waals surface area contributed by atoms with E-state index in [-0.39, 0.29) is 5.69 Å². The van der Waals surface area contributed by atoms with E-state index in [9.17, 15) is 4.79 Å². The lowest BCUT2D eigenvalue weighted by atomic mass is 10.5. The summed E-state index contributed by atoms with van der Waals surface area (Å²) in [6, 6.07) is 0.665. The van der Waals surface area contributed by atoms with Crippen LogP contribution in [0.2, 0.25) is 5.02 Å². The van der Waals surface area contributed by atoms with E-state index < -0.39 is 0 Å². The van der Waals surface area contributed by atoms with Gasteiger partial charge in [-0.2, -0.15) is 0 Å². The van der Waals surface area contributed by atoms with Crippen LogP contribution in [-0.2, 0) is 6.54 Å². The highest BCUT2D eigenvalue weighted by molar-refractivity contribution is 6.30. The van der Waals surface area contributed by atoms with Crippen molar-refractivity contribution >= 4 is 11.6 Å². The standard InChI is InChI=1S/C9H12ClN3O/c10-7-5-12-9(14)13(6-7)4-3-11-8-1-2-8/h5-6,8,11H,1-4H2. The van der Waals surface area contributed by atoms with Crippen molar-refractivity contribution < 1.29 is 0 Å². The van der Waals surface area contributed by atoms with Crippen molar-refractivity contribution in [3.05, 3.63) is 27.9 Å². The minimum absolute atomic E-state index is 0.244. The summed E-state index contributed by atoms with van der Waals surface area (Å²) in [6.07, 6.45) is 5.49. The molecule has 0 amide bonds. The van der Waals surface area contributed by atoms with Crippen molar-refractivity contribution in [2.75, 3.05) is 6.54 Å². The molecule has 14 heavy (non-hydrogen) atoms. The molecule has 0 aliphatic heterocycles. The van der Waals surface area contributed by atoms with Gasteiger partial charge in [0.1, 0.15) is 0 Å². The van der Waals surface area contributed by atoms with Gasteiger partial charge in [0.25, 0.3) is 0 Å². The van der Waals surface area contributed by atoms with Gasteiger partial charge < -0.3 is 5.32 Å². The van der Waals surface area contributed by atoms with E-state index in [0.29, 0.717) is 17.6 Å². The summed E-state index contributed by atoms with van der Waals surface area (Å²) >= 11 is 5.73. The summed E-state index contributed by atoms with van der Waals surface area (Å²) in [6.45, 7) is 1.43. The summed E-state index contributed by atoms with van der Waals surface area (Å²) < 4.78 is 1.53. The van der Waals surface area contributed by atoms with Crippen LogP contribution < -0.4 is 11.0 Å². The van der Waals surface area contributed by atoms with Crippen LogP contribution in [0.4, 0.5) is 0 Å². The van der Waals surface area contributed by atoms with Gasteiger partial charge in [-0.05, 0) is 12.8 Å². The van der Waals surface area contributed by atoms with Crippen molar-refractivity contribution in [3.8, 4) is 0 Å². The Bertz CT molecular complexity index is 373. The Hall–Kier alpha value is -0.870. The number of halogens is 1. The van der Waals surface area contributed by atoms with E-state index in [1.807, 2.05) is 0 Å². The first kappa shape index (κ1) is 9.68. The molecule has 0 saturated heterocycles. The van der Waals surface area contributed by atoms with Crippen LogP contribution in [0, 0.1) is 0 Å². The molecule has 2 rings (SSSR count). The molecule has 0 unspecified atom stereocenters. The smallest absolute Gasteiger partial charge is 0.312 e. The number of hydrogen-bond acceptors (Lipinski definition) is 3. The Morgan fingerprint density at radius 2 is 2.43 bits per heavy atom. The Kier molecular flexibility index (Phi) is 2.84. The van der Waals surface area contributed by atoms with Crippen molar-refractivity contribution in [1.29, 1.82) is 0 Å². The zero-order valence-electron chi connectivity index (χ0n) is 7.74. The van der Waals surface area contributed by atoms with Crippen LogP contribution in [0.1, 0.15) is 12.8 Å². The fourth-order valence-electron chi connectivity index (χ4n) is 1.27. The molecule has 1 heterocycles. The van der Waals surface area contributed by atoms with Gasteiger partial charge in [0.05, 0.1) is 11.2 Å². The van der Waals surface area contributed by atoms with Crippen LogP contribution in [-0.4, -0.2) is 22.1 Å². The first-order valence-electron chi connectivity index (χ1n) is 4.71. The van der Waals surface area contributed by atoms with Crippen molar-refractivity contribution in [3.63, 3.8) is 0 Å². The molecular formula is C9H12ClN3O. The van der Waals surface area contributed by atoms with E-state index in [2.05, 4.69) is 10.3 Å². The van der Waals surface area contributed by atoms with E-state index in [0.717, 1.165) is 6.54 Å². The predicted octanol–water partition coefficient (Wildman–Crippen LogP) is 0.649. The Morgan fingerprint density at radius 3 is 3.14 bits per heavy atom. The summed E-state index contributed by atoms with van der Waals surface area (Å²) in [5, 5.41) is 3.82. The van der Waals surface area contributed by atoms with Crippen LogP contribution in [0.15, 0.2) is 17.2 Å². The maximum Gasteiger partial charge on any atom is 0.347 e. The third-order valence-electron chi connectivity index (χ3n) is 2.19. The maximum atomic E-state index is 11.2. The van der Waals surface area contributed by atoms with Crippen LogP contribution in [0.25, 0.3) is 0 Å². The lowest BCUT2D eigenvalue weighted by molar-refractivity contribution is 0.574. The minimum Gasteiger partial charge on any atom is -0.312 e. The second kappa shape index (κ2) is 4.11. The maximum absolute atomic E-state index is 11.2. The quantitative estimate of drug-likeness (QED) is 0.799. The molecule has 1 aliphatic carbocycles. The molecule has 0 bridgehead atoms. The molecule has 1 fully saturated rings. The lowest BCUT2D eigenvalue weighted by Gasteiger charge is -2.05. The van der Waals surface area contributed by atoms with E-state index in [4.69, 9.17) is 11.6 Å². The normalized spacial score (nSPS) is 15.8. The molecule has 1 N–H and O–H groups in total. The number of nitrogens with one attached hydrogen (secondary N) is 1. The molecule has 1 saturated carbocycles. The van der Waals surface area contributed by atoms with Gasteiger partial charge >= 0.3 is 5.69 Å². The Morgan fingerprint density at radius 1 is 1.64 bits per heavy atom. The fraction of sp³-hybridized carbons (Fsp3) is 0.556. The zero-order chi connectivity index (χ0) is 9.97.